The van der Waals surface area contributed by atoms with Gasteiger partial charge >= 0.3 is 0 Å². The van der Waals surface area contributed by atoms with Gasteiger partial charge in [-0.05, 0) is 133 Å². The summed E-state index contributed by atoms with van der Waals surface area (Å²) in [5.41, 5.74) is 9.91. The highest BCUT2D eigenvalue weighted by molar-refractivity contribution is 6.28. The van der Waals surface area contributed by atoms with Crippen LogP contribution < -0.4 is 0 Å². The number of rotatable bonds is 4. The van der Waals surface area contributed by atoms with E-state index in [2.05, 4.69) is 206 Å². The summed E-state index contributed by atoms with van der Waals surface area (Å²) in [6.07, 6.45) is 0. The maximum absolute atomic E-state index is 2.41. The second kappa shape index (κ2) is 12.3. The van der Waals surface area contributed by atoms with Gasteiger partial charge in [-0.1, -0.05) is 182 Å². The second-order valence-electron chi connectivity index (χ2n) is 14.4. The number of hydrogen-bond acceptors (Lipinski definition) is 0. The van der Waals surface area contributed by atoms with E-state index < -0.39 is 0 Å². The van der Waals surface area contributed by atoms with Crippen molar-refractivity contribution < 1.29 is 0 Å². The zero-order valence-electron chi connectivity index (χ0n) is 29.6. The molecule has 0 atom stereocenters. The second-order valence-corrected chi connectivity index (χ2v) is 14.4. The van der Waals surface area contributed by atoms with E-state index >= 15 is 0 Å². The first kappa shape index (κ1) is 30.6. The van der Waals surface area contributed by atoms with Gasteiger partial charge in [0.05, 0.1) is 0 Å². The summed E-state index contributed by atoms with van der Waals surface area (Å²) in [6.45, 7) is 0. The molecule has 0 saturated carbocycles. The van der Waals surface area contributed by atoms with E-state index in [9.17, 15) is 0 Å². The molecule has 0 heteroatoms. The van der Waals surface area contributed by atoms with E-state index in [1.807, 2.05) is 0 Å². The van der Waals surface area contributed by atoms with E-state index in [1.54, 1.807) is 0 Å². The van der Waals surface area contributed by atoms with Crippen LogP contribution in [0.2, 0.25) is 0 Å². The zero-order chi connectivity index (χ0) is 35.6. The Kier molecular flexibility index (Phi) is 6.97. The molecule has 0 aromatic heterocycles. The number of fused-ring (bicyclic) bond motifs is 8. The van der Waals surface area contributed by atoms with Crippen molar-refractivity contribution in [3.05, 3.63) is 206 Å². The average molecular weight is 683 g/mol. The Morgan fingerprint density at radius 2 is 0.722 bits per heavy atom. The van der Waals surface area contributed by atoms with Crippen molar-refractivity contribution in [1.29, 1.82) is 0 Å². The molecule has 0 saturated heterocycles. The van der Waals surface area contributed by atoms with E-state index in [1.165, 1.54) is 109 Å². The van der Waals surface area contributed by atoms with Crippen LogP contribution in [0.3, 0.4) is 0 Å². The van der Waals surface area contributed by atoms with Gasteiger partial charge in [0.2, 0.25) is 0 Å². The van der Waals surface area contributed by atoms with Crippen molar-refractivity contribution >= 4 is 64.6 Å². The van der Waals surface area contributed by atoms with Crippen LogP contribution in [0.1, 0.15) is 0 Å². The van der Waals surface area contributed by atoms with Crippen LogP contribution in [0.25, 0.3) is 109 Å². The van der Waals surface area contributed by atoms with Crippen molar-refractivity contribution in [2.45, 2.75) is 0 Å². The fourth-order valence-corrected chi connectivity index (χ4v) is 8.92. The highest BCUT2D eigenvalue weighted by Gasteiger charge is 2.20. The summed E-state index contributed by atoms with van der Waals surface area (Å²) >= 11 is 0. The zero-order valence-corrected chi connectivity index (χ0v) is 29.6. The van der Waals surface area contributed by atoms with Gasteiger partial charge in [0, 0.05) is 0 Å². The quantitative estimate of drug-likeness (QED) is 0.128. The Hall–Kier alpha value is -7.02. The minimum absolute atomic E-state index is 1.22. The first-order valence-electron chi connectivity index (χ1n) is 18.8. The monoisotopic (exact) mass is 682 g/mol. The SMILES string of the molecule is c1cc(-c2cc3ccccc3c3ccccc23)cc(-c2c3ccccc3c(-c3cccc(-c4ccc5ccccc5c4)c3)c3c2ccc2ccccc23)c1. The molecule has 0 spiro atoms. The molecule has 11 rings (SSSR count). The third-order valence-corrected chi connectivity index (χ3v) is 11.4. The molecule has 0 heterocycles. The molecule has 54 heavy (non-hydrogen) atoms. The molecule has 0 N–H and O–H groups in total. The largest absolute Gasteiger partial charge is 0.0616 e. The maximum atomic E-state index is 2.41. The summed E-state index contributed by atoms with van der Waals surface area (Å²) < 4.78 is 0. The molecule has 0 aliphatic heterocycles. The van der Waals surface area contributed by atoms with Crippen LogP contribution in [-0.2, 0) is 0 Å². The van der Waals surface area contributed by atoms with Crippen LogP contribution in [0, 0.1) is 0 Å². The summed E-state index contributed by atoms with van der Waals surface area (Å²) in [4.78, 5) is 0. The lowest BCUT2D eigenvalue weighted by atomic mass is 9.83. The topological polar surface area (TPSA) is 0 Å². The van der Waals surface area contributed by atoms with E-state index in [-0.39, 0.29) is 0 Å². The molecule has 250 valence electrons. The average Bonchev–Trinajstić information content (AvgIpc) is 3.25. The lowest BCUT2D eigenvalue weighted by molar-refractivity contribution is 1.62. The normalized spacial score (nSPS) is 11.7. The van der Waals surface area contributed by atoms with E-state index in [4.69, 9.17) is 0 Å². The molecule has 0 bridgehead atoms. The first-order chi connectivity index (χ1) is 26.8. The standard InChI is InChI=1S/C54H34/c1-2-15-37-31-39(28-27-35(37)13-1)38-17-11-20-43(32-38)53-49-26-10-9-25-48(49)52(50-30-29-36-14-3-6-22-45(36)54(50)53)42-19-12-18-40(33-42)51-34-41-16-4-5-21-44(41)46-23-7-8-24-47(46)51/h1-34H. The molecular weight excluding hydrogens is 649 g/mol. The minimum Gasteiger partial charge on any atom is -0.0616 e. The Labute approximate surface area is 314 Å². The Morgan fingerprint density at radius 1 is 0.204 bits per heavy atom. The smallest absolute Gasteiger partial charge is 0.00141 e. The number of benzene rings is 11. The highest BCUT2D eigenvalue weighted by Crippen LogP contribution is 2.47. The van der Waals surface area contributed by atoms with Crippen LogP contribution in [-0.4, -0.2) is 0 Å². The van der Waals surface area contributed by atoms with Gasteiger partial charge in [-0.3, -0.25) is 0 Å². The maximum Gasteiger partial charge on any atom is -0.00141 e. The Bertz CT molecular complexity index is 3270. The van der Waals surface area contributed by atoms with Gasteiger partial charge < -0.3 is 0 Å². The van der Waals surface area contributed by atoms with Crippen molar-refractivity contribution in [2.24, 2.45) is 0 Å². The predicted molar refractivity (Wildman–Crippen MR) is 233 cm³/mol. The molecule has 11 aromatic rings. The van der Waals surface area contributed by atoms with Crippen molar-refractivity contribution in [1.82, 2.24) is 0 Å². The van der Waals surface area contributed by atoms with Crippen LogP contribution in [0.4, 0.5) is 0 Å². The van der Waals surface area contributed by atoms with Crippen molar-refractivity contribution in [3.63, 3.8) is 0 Å². The molecule has 11 aromatic carbocycles. The minimum atomic E-state index is 1.22. The lowest BCUT2D eigenvalue weighted by Gasteiger charge is -2.20. The van der Waals surface area contributed by atoms with E-state index in [0.29, 0.717) is 0 Å². The Morgan fingerprint density at radius 3 is 1.52 bits per heavy atom. The third kappa shape index (κ3) is 4.85. The molecule has 0 unspecified atom stereocenters. The van der Waals surface area contributed by atoms with Crippen molar-refractivity contribution in [3.8, 4) is 44.5 Å². The molecular formula is C54H34. The van der Waals surface area contributed by atoms with Gasteiger partial charge in [0.25, 0.3) is 0 Å². The number of hydrogen-bond donors (Lipinski definition) is 0. The lowest BCUT2D eigenvalue weighted by Crippen LogP contribution is -1.93. The molecule has 0 amide bonds. The van der Waals surface area contributed by atoms with Gasteiger partial charge in [-0.2, -0.15) is 0 Å². The predicted octanol–water partition coefficient (Wildman–Crippen LogP) is 15.3. The Balaban J connectivity index is 1.19. The molecule has 0 aliphatic carbocycles. The van der Waals surface area contributed by atoms with Crippen LogP contribution >= 0.6 is 0 Å². The molecule has 0 radical (unpaired) electrons. The van der Waals surface area contributed by atoms with Gasteiger partial charge in [0.1, 0.15) is 0 Å². The van der Waals surface area contributed by atoms with Crippen molar-refractivity contribution in [2.75, 3.05) is 0 Å². The van der Waals surface area contributed by atoms with E-state index in [0.717, 1.165) is 0 Å². The third-order valence-electron chi connectivity index (χ3n) is 11.4. The van der Waals surface area contributed by atoms with Gasteiger partial charge in [0.15, 0.2) is 0 Å². The molecule has 0 fully saturated rings. The highest BCUT2D eigenvalue weighted by atomic mass is 14.2. The van der Waals surface area contributed by atoms with Crippen LogP contribution in [0.5, 0.6) is 0 Å². The first-order valence-corrected chi connectivity index (χ1v) is 18.8. The van der Waals surface area contributed by atoms with Gasteiger partial charge in [-0.25, -0.2) is 0 Å². The fourth-order valence-electron chi connectivity index (χ4n) is 8.92. The molecule has 0 aliphatic rings. The summed E-state index contributed by atoms with van der Waals surface area (Å²) in [7, 11) is 0. The fraction of sp³-hybridized carbons (Fsp3) is 0. The molecule has 0 nitrogen and oxygen atoms in total. The summed E-state index contributed by atoms with van der Waals surface area (Å²) in [5.74, 6) is 0. The summed E-state index contributed by atoms with van der Waals surface area (Å²) in [5, 5.41) is 15.2. The van der Waals surface area contributed by atoms with Gasteiger partial charge in [-0.15, -0.1) is 0 Å². The van der Waals surface area contributed by atoms with Crippen LogP contribution in [0.15, 0.2) is 206 Å². The summed E-state index contributed by atoms with van der Waals surface area (Å²) in [6, 6.07) is 76.2.